The van der Waals surface area contributed by atoms with Gasteiger partial charge in [0, 0.05) is 36.0 Å². The van der Waals surface area contributed by atoms with Crippen LogP contribution in [0.1, 0.15) is 22.3 Å². The summed E-state index contributed by atoms with van der Waals surface area (Å²) in [7, 11) is 0. The minimum atomic E-state index is -0.263. The van der Waals surface area contributed by atoms with E-state index in [1.807, 2.05) is 25.1 Å². The maximum atomic E-state index is 12.4. The second-order valence-corrected chi connectivity index (χ2v) is 5.54. The summed E-state index contributed by atoms with van der Waals surface area (Å²) in [6, 6.07) is 7.02. The van der Waals surface area contributed by atoms with Crippen molar-refractivity contribution in [3.05, 3.63) is 45.7 Å². The zero-order valence-corrected chi connectivity index (χ0v) is 11.9. The molecule has 0 unspecified atom stereocenters. The van der Waals surface area contributed by atoms with Crippen molar-refractivity contribution in [1.82, 2.24) is 10.3 Å². The van der Waals surface area contributed by atoms with Gasteiger partial charge in [-0.2, -0.15) is 0 Å². The average Bonchev–Trinajstić information content (AvgIpc) is 2.97. The molecule has 2 heterocycles. The molecule has 1 saturated heterocycles. The van der Waals surface area contributed by atoms with Crippen LogP contribution in [0.3, 0.4) is 0 Å². The lowest BCUT2D eigenvalue weighted by molar-refractivity contribution is 0.0946. The predicted octanol–water partition coefficient (Wildman–Crippen LogP) is 1.60. The van der Waals surface area contributed by atoms with Crippen LogP contribution in [-0.2, 0) is 4.74 Å². The number of hydrogen-bond acceptors (Lipinski definition) is 3. The van der Waals surface area contributed by atoms with Gasteiger partial charge in [-0.1, -0.05) is 11.6 Å². The molecule has 1 fully saturated rings. The van der Waals surface area contributed by atoms with E-state index < -0.39 is 0 Å². The summed E-state index contributed by atoms with van der Waals surface area (Å²) >= 11 is 0. The van der Waals surface area contributed by atoms with Gasteiger partial charge >= 0.3 is 0 Å². The number of carbonyl (C=O) groups excluding carboxylic acids is 1. The zero-order chi connectivity index (χ0) is 14.8. The summed E-state index contributed by atoms with van der Waals surface area (Å²) in [5, 5.41) is 3.68. The highest BCUT2D eigenvalue weighted by Gasteiger charge is 2.18. The highest BCUT2D eigenvalue weighted by atomic mass is 16.5. The highest BCUT2D eigenvalue weighted by Crippen LogP contribution is 2.17. The molecular weight excluding hydrogens is 268 g/mol. The van der Waals surface area contributed by atoms with E-state index in [9.17, 15) is 9.59 Å². The predicted molar refractivity (Wildman–Crippen MR) is 80.6 cm³/mol. The Balaban J connectivity index is 1.89. The van der Waals surface area contributed by atoms with Crippen LogP contribution in [0.5, 0.6) is 0 Å². The minimum Gasteiger partial charge on any atom is -0.381 e. The van der Waals surface area contributed by atoms with Gasteiger partial charge in [0.15, 0.2) is 0 Å². The lowest BCUT2D eigenvalue weighted by atomic mass is 10.1. The molecule has 1 aromatic carbocycles. The summed E-state index contributed by atoms with van der Waals surface area (Å²) in [5.41, 5.74) is 1.90. The Labute approximate surface area is 122 Å². The van der Waals surface area contributed by atoms with Gasteiger partial charge in [-0.05, 0) is 25.5 Å². The standard InChI is InChI=1S/C16H18N2O3/c1-10-2-3-14-12(6-10)13(7-15(19)18-14)16(20)17-8-11-4-5-21-9-11/h2-3,6-7,11H,4-5,8-9H2,1H3,(H,17,20)(H,18,19)/t11-/m1/s1. The molecule has 1 aliphatic rings. The maximum Gasteiger partial charge on any atom is 0.252 e. The molecule has 3 rings (SSSR count). The van der Waals surface area contributed by atoms with Gasteiger partial charge < -0.3 is 15.0 Å². The Bertz CT molecular complexity index is 730. The van der Waals surface area contributed by atoms with Crippen molar-refractivity contribution in [3.63, 3.8) is 0 Å². The van der Waals surface area contributed by atoms with E-state index in [4.69, 9.17) is 4.74 Å². The maximum absolute atomic E-state index is 12.4. The number of pyridine rings is 1. The lowest BCUT2D eigenvalue weighted by Crippen LogP contribution is -2.30. The van der Waals surface area contributed by atoms with Crippen molar-refractivity contribution in [2.45, 2.75) is 13.3 Å². The number of rotatable bonds is 3. The average molecular weight is 286 g/mol. The Morgan fingerprint density at radius 3 is 3.05 bits per heavy atom. The number of H-pyrrole nitrogens is 1. The van der Waals surface area contributed by atoms with Gasteiger partial charge in [-0.25, -0.2) is 0 Å². The molecule has 2 aromatic rings. The van der Waals surface area contributed by atoms with E-state index >= 15 is 0 Å². The molecule has 1 aliphatic heterocycles. The summed E-state index contributed by atoms with van der Waals surface area (Å²) in [4.78, 5) is 26.8. The third-order valence-corrected chi connectivity index (χ3v) is 3.82. The normalized spacial score (nSPS) is 18.0. The van der Waals surface area contributed by atoms with Crippen molar-refractivity contribution < 1.29 is 9.53 Å². The zero-order valence-electron chi connectivity index (χ0n) is 11.9. The first-order valence-electron chi connectivity index (χ1n) is 7.13. The van der Waals surface area contributed by atoms with Crippen LogP contribution >= 0.6 is 0 Å². The van der Waals surface area contributed by atoms with Gasteiger partial charge in [0.05, 0.1) is 12.2 Å². The molecular formula is C16H18N2O3. The fourth-order valence-corrected chi connectivity index (χ4v) is 2.63. The molecule has 21 heavy (non-hydrogen) atoms. The van der Waals surface area contributed by atoms with Crippen LogP contribution in [0.2, 0.25) is 0 Å². The fourth-order valence-electron chi connectivity index (χ4n) is 2.63. The van der Waals surface area contributed by atoms with Crippen molar-refractivity contribution >= 4 is 16.8 Å². The first-order chi connectivity index (χ1) is 10.1. The Hall–Kier alpha value is -2.14. The van der Waals surface area contributed by atoms with Gasteiger partial charge in [0.2, 0.25) is 5.56 Å². The number of amides is 1. The van der Waals surface area contributed by atoms with Crippen LogP contribution in [0.15, 0.2) is 29.1 Å². The van der Waals surface area contributed by atoms with Crippen molar-refractivity contribution in [2.24, 2.45) is 5.92 Å². The Morgan fingerprint density at radius 2 is 2.29 bits per heavy atom. The summed E-state index contributed by atoms with van der Waals surface area (Å²) in [5.74, 6) is 0.160. The number of aryl methyl sites for hydroxylation is 1. The van der Waals surface area contributed by atoms with Crippen LogP contribution < -0.4 is 10.9 Å². The number of nitrogens with one attached hydrogen (secondary N) is 2. The number of aromatic amines is 1. The van der Waals surface area contributed by atoms with Crippen LogP contribution in [0.4, 0.5) is 0 Å². The highest BCUT2D eigenvalue weighted by molar-refractivity contribution is 6.06. The second-order valence-electron chi connectivity index (χ2n) is 5.54. The number of benzene rings is 1. The van der Waals surface area contributed by atoms with Crippen LogP contribution in [0.25, 0.3) is 10.9 Å². The first kappa shape index (κ1) is 13.8. The third kappa shape index (κ3) is 2.97. The van der Waals surface area contributed by atoms with E-state index in [1.54, 1.807) is 0 Å². The minimum absolute atomic E-state index is 0.205. The number of hydrogen-bond donors (Lipinski definition) is 2. The smallest absolute Gasteiger partial charge is 0.252 e. The number of fused-ring (bicyclic) bond motifs is 1. The molecule has 0 spiro atoms. The van der Waals surface area contributed by atoms with Gasteiger partial charge in [0.25, 0.3) is 5.91 Å². The number of aromatic nitrogens is 1. The Kier molecular flexibility index (Phi) is 3.75. The molecule has 5 heteroatoms. The van der Waals surface area contributed by atoms with Gasteiger partial charge in [-0.15, -0.1) is 0 Å². The van der Waals surface area contributed by atoms with Gasteiger partial charge in [0.1, 0.15) is 0 Å². The van der Waals surface area contributed by atoms with Gasteiger partial charge in [-0.3, -0.25) is 9.59 Å². The molecule has 0 saturated carbocycles. The second kappa shape index (κ2) is 5.69. The number of carbonyl (C=O) groups is 1. The van der Waals surface area contributed by atoms with E-state index in [2.05, 4.69) is 10.3 Å². The molecule has 0 bridgehead atoms. The first-order valence-corrected chi connectivity index (χ1v) is 7.13. The summed E-state index contributed by atoms with van der Waals surface area (Å²) < 4.78 is 5.29. The van der Waals surface area contributed by atoms with E-state index in [0.717, 1.165) is 24.0 Å². The monoisotopic (exact) mass is 286 g/mol. The van der Waals surface area contributed by atoms with E-state index in [1.165, 1.54) is 6.07 Å². The molecule has 0 aliphatic carbocycles. The molecule has 0 radical (unpaired) electrons. The number of ether oxygens (including phenoxy) is 1. The topological polar surface area (TPSA) is 71.2 Å². The SMILES string of the molecule is Cc1ccc2[nH]c(=O)cc(C(=O)NC[C@H]3CCOC3)c2c1. The Morgan fingerprint density at radius 1 is 1.43 bits per heavy atom. The molecule has 1 amide bonds. The molecule has 1 aromatic heterocycles. The van der Waals surface area contributed by atoms with Crippen molar-refractivity contribution in [3.8, 4) is 0 Å². The third-order valence-electron chi connectivity index (χ3n) is 3.82. The van der Waals surface area contributed by atoms with Crippen molar-refractivity contribution in [1.29, 1.82) is 0 Å². The fraction of sp³-hybridized carbons (Fsp3) is 0.375. The van der Waals surface area contributed by atoms with Crippen LogP contribution in [0, 0.1) is 12.8 Å². The van der Waals surface area contributed by atoms with E-state index in [-0.39, 0.29) is 11.5 Å². The van der Waals surface area contributed by atoms with Crippen LogP contribution in [-0.4, -0.2) is 30.6 Å². The largest absolute Gasteiger partial charge is 0.381 e. The molecule has 110 valence electrons. The lowest BCUT2D eigenvalue weighted by Gasteiger charge is -2.11. The molecule has 2 N–H and O–H groups in total. The summed E-state index contributed by atoms with van der Waals surface area (Å²) in [6.07, 6.45) is 0.968. The van der Waals surface area contributed by atoms with E-state index in [0.29, 0.717) is 30.1 Å². The van der Waals surface area contributed by atoms with Crippen molar-refractivity contribution in [2.75, 3.05) is 19.8 Å². The molecule has 1 atom stereocenters. The quantitative estimate of drug-likeness (QED) is 0.900. The summed E-state index contributed by atoms with van der Waals surface area (Å²) in [6.45, 7) is 3.99. The molecule has 5 nitrogen and oxygen atoms in total.